The Morgan fingerprint density at radius 1 is 1.19 bits per heavy atom. The summed E-state index contributed by atoms with van der Waals surface area (Å²) >= 11 is 0. The molecule has 0 N–H and O–H groups in total. The summed E-state index contributed by atoms with van der Waals surface area (Å²) in [6, 6.07) is 8.21. The first-order chi connectivity index (χ1) is 13.0. The van der Waals surface area contributed by atoms with E-state index in [0.29, 0.717) is 17.6 Å². The van der Waals surface area contributed by atoms with Crippen molar-refractivity contribution in [2.24, 2.45) is 18.4 Å². The lowest BCUT2D eigenvalue weighted by atomic mass is 9.56. The van der Waals surface area contributed by atoms with Gasteiger partial charge in [0.15, 0.2) is 0 Å². The van der Waals surface area contributed by atoms with Gasteiger partial charge in [-0.15, -0.1) is 5.10 Å². The third-order valence-corrected chi connectivity index (χ3v) is 6.06. The Labute approximate surface area is 158 Å². The number of nitrogens with zero attached hydrogens (tertiary/aromatic N) is 5. The van der Waals surface area contributed by atoms with E-state index in [9.17, 15) is 4.79 Å². The maximum atomic E-state index is 12.7. The van der Waals surface area contributed by atoms with E-state index in [2.05, 4.69) is 33.3 Å². The summed E-state index contributed by atoms with van der Waals surface area (Å²) in [7, 11) is 4.01. The number of hydrogen-bond donors (Lipinski definition) is 0. The molecule has 0 bridgehead atoms. The van der Waals surface area contributed by atoms with Gasteiger partial charge >= 0.3 is 0 Å². The van der Waals surface area contributed by atoms with Crippen LogP contribution < -0.4 is 0 Å². The minimum absolute atomic E-state index is 0.224. The zero-order chi connectivity index (χ0) is 18.6. The van der Waals surface area contributed by atoms with E-state index in [0.717, 1.165) is 53.7 Å². The molecule has 138 valence electrons. The van der Waals surface area contributed by atoms with Crippen molar-refractivity contribution in [1.29, 1.82) is 0 Å². The minimum atomic E-state index is 0.224. The molecule has 0 radical (unpaired) electrons. The summed E-state index contributed by atoms with van der Waals surface area (Å²) in [6.07, 6.45) is 6.31. The van der Waals surface area contributed by atoms with Crippen LogP contribution in [0.15, 0.2) is 36.7 Å². The van der Waals surface area contributed by atoms with Crippen molar-refractivity contribution in [3.05, 3.63) is 42.4 Å². The number of fused-ring (bicyclic) bond motifs is 1. The molecule has 1 saturated heterocycles. The molecule has 6 heteroatoms. The third-order valence-electron chi connectivity index (χ3n) is 6.06. The maximum absolute atomic E-state index is 12.7. The summed E-state index contributed by atoms with van der Waals surface area (Å²) < 4.78 is 1.70. The fourth-order valence-electron chi connectivity index (χ4n) is 4.82. The van der Waals surface area contributed by atoms with Gasteiger partial charge in [0.2, 0.25) is 0 Å². The molecule has 1 aromatic carbocycles. The van der Waals surface area contributed by atoms with Crippen LogP contribution in [-0.4, -0.2) is 50.8 Å². The average Bonchev–Trinajstić information content (AvgIpc) is 3.02. The van der Waals surface area contributed by atoms with Crippen LogP contribution in [-0.2, 0) is 18.3 Å². The van der Waals surface area contributed by atoms with Gasteiger partial charge in [0, 0.05) is 55.3 Å². The van der Waals surface area contributed by atoms with E-state index in [4.69, 9.17) is 0 Å². The summed E-state index contributed by atoms with van der Waals surface area (Å²) in [5.41, 5.74) is 3.17. The first-order valence-electron chi connectivity index (χ1n) is 9.46. The molecule has 1 saturated carbocycles. The van der Waals surface area contributed by atoms with Crippen LogP contribution in [0.4, 0.5) is 0 Å². The van der Waals surface area contributed by atoms with Gasteiger partial charge in [-0.25, -0.2) is 0 Å². The lowest BCUT2D eigenvalue weighted by Gasteiger charge is -2.58. The van der Waals surface area contributed by atoms with Crippen molar-refractivity contribution in [1.82, 2.24) is 24.9 Å². The fraction of sp³-hybridized carbons (Fsp3) is 0.429. The second-order valence-electron chi connectivity index (χ2n) is 8.44. The predicted molar refractivity (Wildman–Crippen MR) is 103 cm³/mol. The lowest BCUT2D eigenvalue weighted by Crippen LogP contribution is -2.61. The Hall–Kier alpha value is -2.60. The van der Waals surface area contributed by atoms with Gasteiger partial charge in [-0.2, -0.15) is 0 Å². The number of aromatic nitrogens is 4. The van der Waals surface area contributed by atoms with Gasteiger partial charge in [-0.05, 0) is 42.8 Å². The summed E-state index contributed by atoms with van der Waals surface area (Å²) in [5, 5.41) is 10.3. The van der Waals surface area contributed by atoms with Crippen molar-refractivity contribution < 1.29 is 4.79 Å². The number of benzene rings is 1. The number of likely N-dealkylation sites (tertiary alicyclic amines) is 1. The molecule has 2 fully saturated rings. The Bertz CT molecular complexity index is 1030. The van der Waals surface area contributed by atoms with E-state index < -0.39 is 0 Å². The monoisotopic (exact) mass is 361 g/mol. The SMILES string of the molecule is CN1CC2(CC(C(=O)Cc3cc4cc(-c5cn(C)nn5)ccc4cn3)C2)C1. The molecule has 2 aromatic heterocycles. The van der Waals surface area contributed by atoms with E-state index in [1.54, 1.807) is 4.68 Å². The molecule has 6 nitrogen and oxygen atoms in total. The normalized spacial score (nSPS) is 19.2. The van der Waals surface area contributed by atoms with Crippen LogP contribution in [0.1, 0.15) is 18.5 Å². The van der Waals surface area contributed by atoms with Gasteiger partial charge in [-0.1, -0.05) is 17.3 Å². The topological polar surface area (TPSA) is 63.9 Å². The molecular weight excluding hydrogens is 338 g/mol. The molecular formula is C21H23N5O. The van der Waals surface area contributed by atoms with Crippen LogP contribution in [0.3, 0.4) is 0 Å². The van der Waals surface area contributed by atoms with E-state index >= 15 is 0 Å². The molecule has 2 aliphatic rings. The van der Waals surface area contributed by atoms with Gasteiger partial charge < -0.3 is 4.90 Å². The lowest BCUT2D eigenvalue weighted by molar-refractivity contribution is -0.139. The highest BCUT2D eigenvalue weighted by molar-refractivity contribution is 5.88. The minimum Gasteiger partial charge on any atom is -0.305 e. The number of rotatable bonds is 4. The predicted octanol–water partition coefficient (Wildman–Crippen LogP) is 2.48. The summed E-state index contributed by atoms with van der Waals surface area (Å²) in [5.74, 6) is 0.564. The van der Waals surface area contributed by atoms with Crippen LogP contribution in [0.2, 0.25) is 0 Å². The number of hydrogen-bond acceptors (Lipinski definition) is 5. The smallest absolute Gasteiger partial charge is 0.141 e. The Balaban J connectivity index is 1.32. The van der Waals surface area contributed by atoms with Gasteiger partial charge in [-0.3, -0.25) is 14.5 Å². The first kappa shape index (κ1) is 16.6. The molecule has 0 unspecified atom stereocenters. The number of carbonyl (C=O) groups is 1. The molecule has 0 atom stereocenters. The highest BCUT2D eigenvalue weighted by Gasteiger charge is 2.52. The summed E-state index contributed by atoms with van der Waals surface area (Å²) in [4.78, 5) is 19.5. The quantitative estimate of drug-likeness (QED) is 0.714. The van der Waals surface area contributed by atoms with Crippen molar-refractivity contribution in [3.8, 4) is 11.3 Å². The van der Waals surface area contributed by atoms with Crippen LogP contribution >= 0.6 is 0 Å². The molecule has 3 heterocycles. The largest absolute Gasteiger partial charge is 0.305 e. The molecule has 5 rings (SSSR count). The molecule has 1 aliphatic heterocycles. The zero-order valence-corrected chi connectivity index (χ0v) is 15.7. The second kappa shape index (κ2) is 5.96. The molecule has 0 amide bonds. The Morgan fingerprint density at radius 2 is 2.00 bits per heavy atom. The number of ketones is 1. The highest BCUT2D eigenvalue weighted by atomic mass is 16.1. The van der Waals surface area contributed by atoms with E-state index in [-0.39, 0.29) is 5.92 Å². The van der Waals surface area contributed by atoms with Crippen LogP contribution in [0, 0.1) is 11.3 Å². The van der Waals surface area contributed by atoms with Gasteiger partial charge in [0.1, 0.15) is 11.5 Å². The van der Waals surface area contributed by atoms with Crippen LogP contribution in [0.5, 0.6) is 0 Å². The first-order valence-corrected chi connectivity index (χ1v) is 9.46. The Morgan fingerprint density at radius 3 is 2.70 bits per heavy atom. The molecule has 1 aliphatic carbocycles. The maximum Gasteiger partial charge on any atom is 0.141 e. The van der Waals surface area contributed by atoms with Crippen molar-refractivity contribution in [2.75, 3.05) is 20.1 Å². The van der Waals surface area contributed by atoms with Gasteiger partial charge in [0.05, 0.1) is 6.20 Å². The van der Waals surface area contributed by atoms with Gasteiger partial charge in [0.25, 0.3) is 0 Å². The summed E-state index contributed by atoms with van der Waals surface area (Å²) in [6.45, 7) is 2.30. The Kier molecular flexibility index (Phi) is 3.65. The second-order valence-corrected chi connectivity index (χ2v) is 8.44. The zero-order valence-electron chi connectivity index (χ0n) is 15.7. The van der Waals surface area contributed by atoms with Crippen LogP contribution in [0.25, 0.3) is 22.0 Å². The van der Waals surface area contributed by atoms with Crippen molar-refractivity contribution in [2.45, 2.75) is 19.3 Å². The molecule has 27 heavy (non-hydrogen) atoms. The molecule has 1 spiro atoms. The number of carbonyl (C=O) groups excluding carboxylic acids is 1. The standard InChI is InChI=1S/C21H23N5O/c1-25-12-21(13-25)8-17(9-21)20(27)7-18-6-16-5-14(3-4-15(16)10-22-18)19-11-26(2)24-23-19/h3-6,10-11,17H,7-9,12-13H2,1-2H3. The molecule has 3 aromatic rings. The number of aryl methyl sites for hydroxylation is 1. The third kappa shape index (κ3) is 2.94. The van der Waals surface area contributed by atoms with E-state index in [1.165, 1.54) is 0 Å². The fourth-order valence-corrected chi connectivity index (χ4v) is 4.82. The number of pyridine rings is 1. The van der Waals surface area contributed by atoms with Crippen molar-refractivity contribution >= 4 is 16.6 Å². The van der Waals surface area contributed by atoms with E-state index in [1.807, 2.05) is 37.6 Å². The number of Topliss-reactive ketones (excluding diaryl/α,β-unsaturated/α-hetero) is 1. The van der Waals surface area contributed by atoms with Crippen molar-refractivity contribution in [3.63, 3.8) is 0 Å². The average molecular weight is 361 g/mol. The highest BCUT2D eigenvalue weighted by Crippen LogP contribution is 2.51.